The zero-order chi connectivity index (χ0) is 19.8. The van der Waals surface area contributed by atoms with E-state index in [1.54, 1.807) is 24.3 Å². The van der Waals surface area contributed by atoms with E-state index in [4.69, 9.17) is 9.47 Å². The number of carbonyl (C=O) groups is 1. The van der Waals surface area contributed by atoms with Gasteiger partial charge in [0.2, 0.25) is 6.29 Å². The van der Waals surface area contributed by atoms with Crippen molar-refractivity contribution in [1.82, 2.24) is 15.6 Å². The smallest absolute Gasteiger partial charge is 0.315 e. The summed E-state index contributed by atoms with van der Waals surface area (Å²) >= 11 is 0. The second kappa shape index (κ2) is 9.57. The molecule has 3 rings (SSSR count). The summed E-state index contributed by atoms with van der Waals surface area (Å²) in [6.45, 7) is 2.60. The molecule has 0 saturated carbocycles. The van der Waals surface area contributed by atoms with Crippen molar-refractivity contribution < 1.29 is 19.4 Å². The molecule has 7 nitrogen and oxygen atoms in total. The second-order valence-electron chi connectivity index (χ2n) is 6.07. The largest absolute Gasteiger partial charge is 0.487 e. The van der Waals surface area contributed by atoms with Crippen LogP contribution in [0.5, 0.6) is 11.5 Å². The Bertz CT molecular complexity index is 932. The summed E-state index contributed by atoms with van der Waals surface area (Å²) < 4.78 is 11.2. The minimum Gasteiger partial charge on any atom is -0.487 e. The highest BCUT2D eigenvalue weighted by Crippen LogP contribution is 2.21. The van der Waals surface area contributed by atoms with Gasteiger partial charge < -0.3 is 25.2 Å². The number of nitrogens with zero attached hydrogens (tertiary/aromatic N) is 1. The van der Waals surface area contributed by atoms with Crippen molar-refractivity contribution in [3.63, 3.8) is 0 Å². The number of aliphatic hydroxyl groups is 1. The number of rotatable bonds is 8. The number of para-hydroxylation sites is 1. The van der Waals surface area contributed by atoms with Gasteiger partial charge in [0, 0.05) is 18.0 Å². The quantitative estimate of drug-likeness (QED) is 0.522. The third-order valence-corrected chi connectivity index (χ3v) is 3.90. The fraction of sp³-hybridized carbons (Fsp3) is 0.238. The van der Waals surface area contributed by atoms with Gasteiger partial charge >= 0.3 is 6.03 Å². The molecule has 0 fully saturated rings. The summed E-state index contributed by atoms with van der Waals surface area (Å²) in [5.41, 5.74) is 1.74. The third kappa shape index (κ3) is 5.59. The monoisotopic (exact) mass is 381 g/mol. The fourth-order valence-corrected chi connectivity index (χ4v) is 2.59. The predicted molar refractivity (Wildman–Crippen MR) is 106 cm³/mol. The average Bonchev–Trinajstić information content (AvgIpc) is 2.71. The van der Waals surface area contributed by atoms with Crippen molar-refractivity contribution in [2.75, 3.05) is 13.1 Å². The lowest BCUT2D eigenvalue weighted by Crippen LogP contribution is -2.41. The summed E-state index contributed by atoms with van der Waals surface area (Å²) in [5, 5.41) is 16.1. The number of fused-ring (bicyclic) bond motifs is 1. The summed E-state index contributed by atoms with van der Waals surface area (Å²) in [6, 6.07) is 18.4. The maximum absolute atomic E-state index is 11.3. The van der Waals surface area contributed by atoms with Crippen LogP contribution in [0, 0.1) is 0 Å². The lowest BCUT2D eigenvalue weighted by atomic mass is 10.2. The van der Waals surface area contributed by atoms with Crippen LogP contribution in [-0.2, 0) is 6.61 Å². The van der Waals surface area contributed by atoms with Crippen LogP contribution in [0.3, 0.4) is 0 Å². The van der Waals surface area contributed by atoms with Crippen LogP contribution in [0.2, 0.25) is 0 Å². The number of pyridine rings is 1. The van der Waals surface area contributed by atoms with Gasteiger partial charge in [0.05, 0.1) is 17.8 Å². The molecule has 28 heavy (non-hydrogen) atoms. The first kappa shape index (κ1) is 19.4. The number of aromatic nitrogens is 1. The number of amides is 2. The summed E-state index contributed by atoms with van der Waals surface area (Å²) in [6.07, 6.45) is -1.17. The van der Waals surface area contributed by atoms with Crippen molar-refractivity contribution >= 4 is 16.9 Å². The number of urea groups is 1. The van der Waals surface area contributed by atoms with Crippen molar-refractivity contribution in [2.45, 2.75) is 19.8 Å². The predicted octanol–water partition coefficient (Wildman–Crippen LogP) is 2.83. The van der Waals surface area contributed by atoms with E-state index in [1.165, 1.54) is 0 Å². The van der Waals surface area contributed by atoms with Crippen molar-refractivity contribution in [2.24, 2.45) is 0 Å². The van der Waals surface area contributed by atoms with E-state index >= 15 is 0 Å². The Hall–Kier alpha value is -3.32. The van der Waals surface area contributed by atoms with Crippen molar-refractivity contribution in [3.05, 3.63) is 66.4 Å². The van der Waals surface area contributed by atoms with E-state index in [9.17, 15) is 9.90 Å². The summed E-state index contributed by atoms with van der Waals surface area (Å²) in [5.74, 6) is 1.03. The van der Waals surface area contributed by atoms with Crippen molar-refractivity contribution in [3.8, 4) is 11.5 Å². The number of nitrogens with one attached hydrogen (secondary N) is 2. The van der Waals surface area contributed by atoms with Gasteiger partial charge in [0.25, 0.3) is 0 Å². The molecule has 1 atom stereocenters. The Morgan fingerprint density at radius 1 is 1.07 bits per heavy atom. The Kier molecular flexibility index (Phi) is 6.64. The fourth-order valence-electron chi connectivity index (χ4n) is 2.59. The molecule has 0 aliphatic heterocycles. The minimum absolute atomic E-state index is 0.0298. The average molecular weight is 381 g/mol. The molecule has 7 heteroatoms. The van der Waals surface area contributed by atoms with E-state index in [0.29, 0.717) is 24.7 Å². The zero-order valence-electron chi connectivity index (χ0n) is 15.6. The Labute approximate surface area is 163 Å². The van der Waals surface area contributed by atoms with Gasteiger partial charge in [-0.25, -0.2) is 9.78 Å². The standard InChI is InChI=1S/C21H23N3O4/c1-2-22-21(26)23-13-20(25)28-18-8-5-7-17(12-18)27-14-16-11-10-15-6-3-4-9-19(15)24-16/h3-12,20,25H,2,13-14H2,1H3,(H2,22,23,26)/t20-/m1/s1. The van der Waals surface area contributed by atoms with Gasteiger partial charge in [-0.1, -0.05) is 30.3 Å². The van der Waals surface area contributed by atoms with Gasteiger partial charge in [-0.3, -0.25) is 0 Å². The number of carbonyl (C=O) groups excluding carboxylic acids is 1. The van der Waals surface area contributed by atoms with Gasteiger partial charge in [0.1, 0.15) is 18.1 Å². The molecule has 0 saturated heterocycles. The molecule has 3 aromatic rings. The lowest BCUT2D eigenvalue weighted by Gasteiger charge is -2.15. The number of hydrogen-bond acceptors (Lipinski definition) is 5. The van der Waals surface area contributed by atoms with Crippen molar-refractivity contribution in [1.29, 1.82) is 0 Å². The van der Waals surface area contributed by atoms with Crippen LogP contribution in [-0.4, -0.2) is 35.5 Å². The Morgan fingerprint density at radius 3 is 2.75 bits per heavy atom. The molecular weight excluding hydrogens is 358 g/mol. The maximum atomic E-state index is 11.3. The molecule has 1 aromatic heterocycles. The van der Waals surface area contributed by atoms with E-state index in [2.05, 4.69) is 15.6 Å². The molecule has 0 aliphatic rings. The molecule has 1 heterocycles. The molecule has 3 N–H and O–H groups in total. The van der Waals surface area contributed by atoms with E-state index in [0.717, 1.165) is 16.6 Å². The first-order valence-electron chi connectivity index (χ1n) is 9.08. The topological polar surface area (TPSA) is 92.7 Å². The maximum Gasteiger partial charge on any atom is 0.315 e. The van der Waals surface area contributed by atoms with E-state index < -0.39 is 6.29 Å². The molecule has 0 spiro atoms. The van der Waals surface area contributed by atoms with Crippen LogP contribution < -0.4 is 20.1 Å². The normalized spacial score (nSPS) is 11.6. The highest BCUT2D eigenvalue weighted by atomic mass is 16.6. The van der Waals surface area contributed by atoms with Crippen LogP contribution in [0.25, 0.3) is 10.9 Å². The molecule has 0 radical (unpaired) electrons. The molecule has 0 unspecified atom stereocenters. The molecule has 0 bridgehead atoms. The number of hydrogen-bond donors (Lipinski definition) is 3. The number of aliphatic hydroxyl groups excluding tert-OH is 1. The van der Waals surface area contributed by atoms with Gasteiger partial charge in [-0.2, -0.15) is 0 Å². The summed E-state index contributed by atoms with van der Waals surface area (Å²) in [7, 11) is 0. The zero-order valence-corrected chi connectivity index (χ0v) is 15.6. The van der Waals surface area contributed by atoms with E-state index in [-0.39, 0.29) is 12.6 Å². The van der Waals surface area contributed by atoms with Gasteiger partial charge in [-0.15, -0.1) is 0 Å². The van der Waals surface area contributed by atoms with Crippen LogP contribution in [0.1, 0.15) is 12.6 Å². The number of ether oxygens (including phenoxy) is 2. The summed E-state index contributed by atoms with van der Waals surface area (Å²) in [4.78, 5) is 15.9. The highest BCUT2D eigenvalue weighted by molar-refractivity contribution is 5.78. The number of benzene rings is 2. The highest BCUT2D eigenvalue weighted by Gasteiger charge is 2.09. The Balaban J connectivity index is 1.54. The molecule has 2 amide bonds. The first-order chi connectivity index (χ1) is 13.6. The van der Waals surface area contributed by atoms with Gasteiger partial charge in [0.15, 0.2) is 0 Å². The SMILES string of the molecule is CCNC(=O)NC[C@H](O)Oc1cccc(OCc2ccc3ccccc3n2)c1. The third-order valence-electron chi connectivity index (χ3n) is 3.90. The van der Waals surface area contributed by atoms with Crippen LogP contribution in [0.4, 0.5) is 4.79 Å². The molecule has 146 valence electrons. The van der Waals surface area contributed by atoms with Crippen LogP contribution in [0.15, 0.2) is 60.7 Å². The molecule has 0 aliphatic carbocycles. The lowest BCUT2D eigenvalue weighted by molar-refractivity contribution is -0.0133. The van der Waals surface area contributed by atoms with E-state index in [1.807, 2.05) is 43.3 Å². The minimum atomic E-state index is -1.17. The van der Waals surface area contributed by atoms with Crippen LogP contribution >= 0.6 is 0 Å². The Morgan fingerprint density at radius 2 is 1.89 bits per heavy atom. The molecule has 2 aromatic carbocycles. The molecular formula is C21H23N3O4. The second-order valence-corrected chi connectivity index (χ2v) is 6.07. The van der Waals surface area contributed by atoms with Gasteiger partial charge in [-0.05, 0) is 31.2 Å². The first-order valence-corrected chi connectivity index (χ1v) is 9.08.